The van der Waals surface area contributed by atoms with E-state index in [1.54, 1.807) is 11.9 Å². The van der Waals surface area contributed by atoms with Gasteiger partial charge in [0.25, 0.3) is 0 Å². The van der Waals surface area contributed by atoms with Gasteiger partial charge in [-0.3, -0.25) is 5.01 Å². The Bertz CT molecular complexity index is 305. The number of hydrogen-bond acceptors (Lipinski definition) is 2. The Morgan fingerprint density at radius 1 is 1.12 bits per heavy atom. The van der Waals surface area contributed by atoms with Crippen LogP contribution in [-0.4, -0.2) is 29.0 Å². The summed E-state index contributed by atoms with van der Waals surface area (Å²) >= 11 is 0. The Morgan fingerprint density at radius 2 is 1.71 bits per heavy atom. The lowest BCUT2D eigenvalue weighted by molar-refractivity contribution is -0.0620. The highest BCUT2D eigenvalue weighted by molar-refractivity contribution is 5.93. The van der Waals surface area contributed by atoms with Gasteiger partial charge in [0.15, 0.2) is 0 Å². The minimum atomic E-state index is -4.28. The molecule has 0 aromatic heterocycles. The van der Waals surface area contributed by atoms with Gasteiger partial charge in [0.1, 0.15) is 5.71 Å². The minimum absolute atomic E-state index is 0.130. The van der Waals surface area contributed by atoms with E-state index in [1.165, 1.54) is 6.42 Å². The first-order chi connectivity index (χ1) is 7.91. The van der Waals surface area contributed by atoms with Crippen molar-refractivity contribution in [3.8, 4) is 0 Å². The quantitative estimate of drug-likeness (QED) is 0.692. The van der Waals surface area contributed by atoms with Gasteiger partial charge in [-0.05, 0) is 19.8 Å². The summed E-state index contributed by atoms with van der Waals surface area (Å²) in [5.41, 5.74) is -0.601. The van der Waals surface area contributed by atoms with E-state index in [0.717, 1.165) is 25.7 Å². The Balaban J connectivity index is 2.15. The van der Waals surface area contributed by atoms with Crippen LogP contribution in [0.3, 0.4) is 0 Å². The molecular formula is C12H19F3N2. The van der Waals surface area contributed by atoms with Gasteiger partial charge in [-0.15, -0.1) is 0 Å². The normalized spacial score (nSPS) is 31.8. The van der Waals surface area contributed by atoms with Crippen LogP contribution < -0.4 is 0 Å². The molecule has 0 spiro atoms. The predicted octanol–water partition coefficient (Wildman–Crippen LogP) is 3.58. The summed E-state index contributed by atoms with van der Waals surface area (Å²) in [7, 11) is 0. The van der Waals surface area contributed by atoms with Gasteiger partial charge in [-0.1, -0.05) is 26.2 Å². The van der Waals surface area contributed by atoms with Crippen LogP contribution in [0.4, 0.5) is 13.2 Å². The SMILES string of the molecule is CC1C(C(F)(F)F)=NN(C2CCCCC2)C1C. The Labute approximate surface area is 99.9 Å². The fourth-order valence-electron chi connectivity index (χ4n) is 2.84. The van der Waals surface area contributed by atoms with Crippen LogP contribution in [0, 0.1) is 5.92 Å². The van der Waals surface area contributed by atoms with Gasteiger partial charge < -0.3 is 0 Å². The molecule has 0 radical (unpaired) electrons. The van der Waals surface area contributed by atoms with Crippen molar-refractivity contribution in [2.45, 2.75) is 64.2 Å². The summed E-state index contributed by atoms with van der Waals surface area (Å²) in [4.78, 5) is 0. The number of alkyl halides is 3. The molecule has 1 saturated carbocycles. The summed E-state index contributed by atoms with van der Waals surface area (Å²) in [6.07, 6.45) is 1.09. The monoisotopic (exact) mass is 248 g/mol. The molecule has 0 amide bonds. The van der Waals surface area contributed by atoms with Crippen LogP contribution in [0.1, 0.15) is 46.0 Å². The van der Waals surface area contributed by atoms with Crippen molar-refractivity contribution in [1.29, 1.82) is 0 Å². The maximum atomic E-state index is 12.8. The van der Waals surface area contributed by atoms with E-state index in [4.69, 9.17) is 0 Å². The van der Waals surface area contributed by atoms with Gasteiger partial charge in [0, 0.05) is 12.0 Å². The van der Waals surface area contributed by atoms with E-state index in [9.17, 15) is 13.2 Å². The second kappa shape index (κ2) is 4.50. The summed E-state index contributed by atoms with van der Waals surface area (Å²) in [6.45, 7) is 3.47. The van der Waals surface area contributed by atoms with Gasteiger partial charge in [0.2, 0.25) is 0 Å². The smallest absolute Gasteiger partial charge is 0.290 e. The van der Waals surface area contributed by atoms with Crippen molar-refractivity contribution in [1.82, 2.24) is 5.01 Å². The van der Waals surface area contributed by atoms with Crippen LogP contribution >= 0.6 is 0 Å². The summed E-state index contributed by atoms with van der Waals surface area (Å²) in [5, 5.41) is 5.58. The summed E-state index contributed by atoms with van der Waals surface area (Å²) in [5.74, 6) is -0.517. The highest BCUT2D eigenvalue weighted by Crippen LogP contribution is 2.35. The zero-order valence-electron chi connectivity index (χ0n) is 10.3. The molecule has 98 valence electrons. The number of rotatable bonds is 1. The van der Waals surface area contributed by atoms with Crippen molar-refractivity contribution in [3.05, 3.63) is 0 Å². The van der Waals surface area contributed by atoms with Gasteiger partial charge in [-0.25, -0.2) is 0 Å². The molecule has 1 heterocycles. The molecular weight excluding hydrogens is 229 g/mol. The van der Waals surface area contributed by atoms with Crippen molar-refractivity contribution in [2.24, 2.45) is 11.0 Å². The molecule has 1 fully saturated rings. The third-order valence-electron chi connectivity index (χ3n) is 4.03. The van der Waals surface area contributed by atoms with Gasteiger partial charge in [-0.2, -0.15) is 18.3 Å². The second-order valence-corrected chi connectivity index (χ2v) is 5.18. The third kappa shape index (κ3) is 2.43. The maximum absolute atomic E-state index is 12.8. The van der Waals surface area contributed by atoms with Crippen LogP contribution in [0.2, 0.25) is 0 Å². The molecule has 2 rings (SSSR count). The molecule has 17 heavy (non-hydrogen) atoms. The van der Waals surface area contributed by atoms with E-state index in [1.807, 2.05) is 6.92 Å². The predicted molar refractivity (Wildman–Crippen MR) is 60.8 cm³/mol. The van der Waals surface area contributed by atoms with E-state index in [2.05, 4.69) is 5.10 Å². The topological polar surface area (TPSA) is 15.6 Å². The van der Waals surface area contributed by atoms with Crippen LogP contribution in [0.25, 0.3) is 0 Å². The Morgan fingerprint density at radius 3 is 2.18 bits per heavy atom. The van der Waals surface area contributed by atoms with E-state index >= 15 is 0 Å². The van der Waals surface area contributed by atoms with Crippen LogP contribution in [0.15, 0.2) is 5.10 Å². The fraction of sp³-hybridized carbons (Fsp3) is 0.917. The van der Waals surface area contributed by atoms with Gasteiger partial charge in [0.05, 0.1) is 6.04 Å². The zero-order chi connectivity index (χ0) is 12.6. The number of halogens is 3. The van der Waals surface area contributed by atoms with Crippen molar-refractivity contribution in [2.75, 3.05) is 0 Å². The molecule has 0 aromatic rings. The van der Waals surface area contributed by atoms with E-state index in [0.29, 0.717) is 0 Å². The number of hydrazone groups is 1. The largest absolute Gasteiger partial charge is 0.431 e. The van der Waals surface area contributed by atoms with Crippen molar-refractivity contribution in [3.63, 3.8) is 0 Å². The lowest BCUT2D eigenvalue weighted by Gasteiger charge is -2.34. The average molecular weight is 248 g/mol. The lowest BCUT2D eigenvalue weighted by atomic mass is 9.92. The molecule has 1 aliphatic carbocycles. The fourth-order valence-corrected chi connectivity index (χ4v) is 2.84. The zero-order valence-corrected chi connectivity index (χ0v) is 10.3. The first kappa shape index (κ1) is 12.7. The van der Waals surface area contributed by atoms with Crippen LogP contribution in [0.5, 0.6) is 0 Å². The molecule has 1 aliphatic heterocycles. The van der Waals surface area contributed by atoms with Crippen molar-refractivity contribution >= 4 is 5.71 Å². The van der Waals surface area contributed by atoms with E-state index in [-0.39, 0.29) is 12.1 Å². The molecule has 0 bridgehead atoms. The highest BCUT2D eigenvalue weighted by Gasteiger charge is 2.47. The third-order valence-corrected chi connectivity index (χ3v) is 4.03. The maximum Gasteiger partial charge on any atom is 0.431 e. The highest BCUT2D eigenvalue weighted by atomic mass is 19.4. The molecule has 0 N–H and O–H groups in total. The van der Waals surface area contributed by atoms with E-state index < -0.39 is 17.8 Å². The number of hydrogen-bond donors (Lipinski definition) is 0. The first-order valence-corrected chi connectivity index (χ1v) is 6.35. The molecule has 5 heteroatoms. The molecule has 2 aliphatic rings. The average Bonchev–Trinajstić information content (AvgIpc) is 2.57. The minimum Gasteiger partial charge on any atom is -0.290 e. The first-order valence-electron chi connectivity index (χ1n) is 6.35. The molecule has 0 saturated heterocycles. The lowest BCUT2D eigenvalue weighted by Crippen LogP contribution is -2.39. The second-order valence-electron chi connectivity index (χ2n) is 5.18. The molecule has 2 nitrogen and oxygen atoms in total. The standard InChI is InChI=1S/C12H19F3N2/c1-8-9(2)17(10-6-4-3-5-7-10)16-11(8)12(13,14)15/h8-10H,3-7H2,1-2H3. The number of nitrogens with zero attached hydrogens (tertiary/aromatic N) is 2. The Hall–Kier alpha value is -0.740. The Kier molecular flexibility index (Phi) is 3.36. The van der Waals surface area contributed by atoms with Crippen LogP contribution in [-0.2, 0) is 0 Å². The molecule has 2 unspecified atom stereocenters. The molecule has 2 atom stereocenters. The summed E-state index contributed by atoms with van der Waals surface area (Å²) < 4.78 is 38.3. The van der Waals surface area contributed by atoms with Gasteiger partial charge >= 0.3 is 6.18 Å². The van der Waals surface area contributed by atoms with Crippen molar-refractivity contribution < 1.29 is 13.2 Å². The molecule has 0 aromatic carbocycles. The summed E-state index contributed by atoms with van der Waals surface area (Å²) in [6, 6.07) is 0.0794.